The second-order valence-electron chi connectivity index (χ2n) is 3.43. The fourth-order valence-corrected chi connectivity index (χ4v) is 1.54. The van der Waals surface area contributed by atoms with E-state index in [-0.39, 0.29) is 5.91 Å². The molecule has 0 spiro atoms. The van der Waals surface area contributed by atoms with Gasteiger partial charge in [-0.25, -0.2) is 0 Å². The molecule has 0 radical (unpaired) electrons. The summed E-state index contributed by atoms with van der Waals surface area (Å²) in [5, 5.41) is 0. The van der Waals surface area contributed by atoms with Crippen LogP contribution in [-0.2, 0) is 4.79 Å². The Morgan fingerprint density at radius 3 is 2.86 bits per heavy atom. The van der Waals surface area contributed by atoms with Gasteiger partial charge in [0.25, 0.3) is 0 Å². The van der Waals surface area contributed by atoms with Crippen LogP contribution in [0.3, 0.4) is 0 Å². The highest BCUT2D eigenvalue weighted by atomic mass is 16.2. The van der Waals surface area contributed by atoms with Gasteiger partial charge in [-0.15, -0.1) is 0 Å². The smallest absolute Gasteiger partial charge is 0.226 e. The van der Waals surface area contributed by atoms with Crippen molar-refractivity contribution in [2.45, 2.75) is 26.2 Å². The zero-order valence-corrected chi connectivity index (χ0v) is 8.70. The Labute approximate surface area is 85.6 Å². The number of piperidine rings is 1. The van der Waals surface area contributed by atoms with E-state index in [9.17, 15) is 4.79 Å². The number of allylic oxidation sites excluding steroid dienone is 5. The second kappa shape index (κ2) is 5.43. The Balaban J connectivity index is 2.61. The van der Waals surface area contributed by atoms with Crippen molar-refractivity contribution in [2.24, 2.45) is 0 Å². The maximum absolute atomic E-state index is 11.5. The van der Waals surface area contributed by atoms with Gasteiger partial charge in [-0.1, -0.05) is 24.8 Å². The van der Waals surface area contributed by atoms with Crippen molar-refractivity contribution in [1.82, 2.24) is 4.90 Å². The van der Waals surface area contributed by atoms with Crippen molar-refractivity contribution in [2.75, 3.05) is 6.54 Å². The maximum Gasteiger partial charge on any atom is 0.226 e. The van der Waals surface area contributed by atoms with Crippen LogP contribution in [0.2, 0.25) is 0 Å². The lowest BCUT2D eigenvalue weighted by Gasteiger charge is -2.27. The summed E-state index contributed by atoms with van der Waals surface area (Å²) in [5.74, 6) is 0.247. The van der Waals surface area contributed by atoms with Crippen molar-refractivity contribution >= 4 is 5.91 Å². The van der Waals surface area contributed by atoms with Gasteiger partial charge in [0.05, 0.1) is 0 Å². The van der Waals surface area contributed by atoms with Gasteiger partial charge in [0.1, 0.15) is 0 Å². The molecule has 0 unspecified atom stereocenters. The van der Waals surface area contributed by atoms with E-state index in [1.807, 2.05) is 30.1 Å². The van der Waals surface area contributed by atoms with Crippen LogP contribution in [-0.4, -0.2) is 17.4 Å². The van der Waals surface area contributed by atoms with Gasteiger partial charge in [-0.3, -0.25) is 4.79 Å². The minimum Gasteiger partial charge on any atom is -0.317 e. The number of likely N-dealkylation sites (tertiary alicyclic amines) is 1. The third kappa shape index (κ3) is 2.87. The van der Waals surface area contributed by atoms with Crippen LogP contribution in [0, 0.1) is 0 Å². The number of hydrogen-bond donors (Lipinski definition) is 0. The van der Waals surface area contributed by atoms with Gasteiger partial charge in [-0.2, -0.15) is 0 Å². The molecule has 76 valence electrons. The molecule has 1 rings (SSSR count). The topological polar surface area (TPSA) is 20.3 Å². The highest BCUT2D eigenvalue weighted by Gasteiger charge is 2.18. The molecule has 14 heavy (non-hydrogen) atoms. The number of rotatable bonds is 3. The van der Waals surface area contributed by atoms with E-state index < -0.39 is 0 Å². The Kier molecular flexibility index (Phi) is 4.17. The highest BCUT2D eigenvalue weighted by Crippen LogP contribution is 2.15. The predicted molar refractivity (Wildman–Crippen MR) is 58.7 cm³/mol. The minimum absolute atomic E-state index is 0.247. The molecule has 2 heteroatoms. The first-order valence-corrected chi connectivity index (χ1v) is 5.02. The van der Waals surface area contributed by atoms with Crippen molar-refractivity contribution in [3.8, 4) is 0 Å². The SMILES string of the molecule is C=C/C=C\C=C(/C)N1CCCCC1=O. The standard InChI is InChI=1S/C12H17NO/c1-3-4-5-8-11(2)13-10-7-6-9-12(13)14/h3-5,8H,1,6-7,9-10H2,2H3/b5-4-,11-8+. The van der Waals surface area contributed by atoms with Crippen LogP contribution < -0.4 is 0 Å². The summed E-state index contributed by atoms with van der Waals surface area (Å²) >= 11 is 0. The highest BCUT2D eigenvalue weighted by molar-refractivity contribution is 5.78. The van der Waals surface area contributed by atoms with E-state index in [1.54, 1.807) is 6.08 Å². The lowest BCUT2D eigenvalue weighted by atomic mass is 10.1. The summed E-state index contributed by atoms with van der Waals surface area (Å²) in [6, 6.07) is 0. The molecule has 0 saturated carbocycles. The molecule has 1 heterocycles. The van der Waals surface area contributed by atoms with Crippen LogP contribution in [0.1, 0.15) is 26.2 Å². The van der Waals surface area contributed by atoms with E-state index in [4.69, 9.17) is 0 Å². The number of carbonyl (C=O) groups is 1. The lowest BCUT2D eigenvalue weighted by molar-refractivity contribution is -0.131. The number of carbonyl (C=O) groups excluding carboxylic acids is 1. The van der Waals surface area contributed by atoms with Gasteiger partial charge in [0.2, 0.25) is 5.91 Å². The zero-order chi connectivity index (χ0) is 10.4. The van der Waals surface area contributed by atoms with Gasteiger partial charge in [-0.05, 0) is 25.8 Å². The average molecular weight is 191 g/mol. The van der Waals surface area contributed by atoms with Crippen molar-refractivity contribution < 1.29 is 4.79 Å². The number of amides is 1. The Morgan fingerprint density at radius 2 is 2.21 bits per heavy atom. The van der Waals surface area contributed by atoms with Gasteiger partial charge in [0.15, 0.2) is 0 Å². The van der Waals surface area contributed by atoms with Crippen LogP contribution in [0.15, 0.2) is 36.6 Å². The average Bonchev–Trinajstić information content (AvgIpc) is 2.18. The molecule has 1 fully saturated rings. The quantitative estimate of drug-likeness (QED) is 0.628. The largest absolute Gasteiger partial charge is 0.317 e. The summed E-state index contributed by atoms with van der Waals surface area (Å²) in [4.78, 5) is 13.4. The monoisotopic (exact) mass is 191 g/mol. The summed E-state index contributed by atoms with van der Waals surface area (Å²) in [5.41, 5.74) is 1.02. The van der Waals surface area contributed by atoms with Gasteiger partial charge in [0, 0.05) is 18.7 Å². The van der Waals surface area contributed by atoms with E-state index >= 15 is 0 Å². The van der Waals surface area contributed by atoms with Gasteiger partial charge >= 0.3 is 0 Å². The summed E-state index contributed by atoms with van der Waals surface area (Å²) in [7, 11) is 0. The molecule has 0 aromatic heterocycles. The Bertz CT molecular complexity index is 276. The molecule has 1 aliphatic heterocycles. The maximum atomic E-state index is 11.5. The molecule has 1 aliphatic rings. The lowest BCUT2D eigenvalue weighted by Crippen LogP contribution is -2.33. The number of nitrogens with zero attached hydrogens (tertiary/aromatic N) is 1. The first kappa shape index (κ1) is 10.8. The third-order valence-electron chi connectivity index (χ3n) is 2.33. The molecule has 1 saturated heterocycles. The first-order valence-electron chi connectivity index (χ1n) is 5.02. The molecule has 0 aromatic rings. The van der Waals surface area contributed by atoms with Crippen LogP contribution in [0.5, 0.6) is 0 Å². The Hall–Kier alpha value is -1.31. The van der Waals surface area contributed by atoms with Crippen LogP contribution in [0.25, 0.3) is 0 Å². The third-order valence-corrected chi connectivity index (χ3v) is 2.33. The summed E-state index contributed by atoms with van der Waals surface area (Å²) in [6.07, 6.45) is 10.3. The molecule has 0 N–H and O–H groups in total. The molecular formula is C12H17NO. The molecular weight excluding hydrogens is 174 g/mol. The van der Waals surface area contributed by atoms with Gasteiger partial charge < -0.3 is 4.90 Å². The predicted octanol–water partition coefficient (Wildman–Crippen LogP) is 2.64. The van der Waals surface area contributed by atoms with E-state index in [0.717, 1.165) is 25.1 Å². The molecule has 0 bridgehead atoms. The molecule has 0 atom stereocenters. The van der Waals surface area contributed by atoms with E-state index in [0.29, 0.717) is 6.42 Å². The fraction of sp³-hybridized carbons (Fsp3) is 0.417. The first-order chi connectivity index (χ1) is 6.75. The minimum atomic E-state index is 0.247. The van der Waals surface area contributed by atoms with Crippen molar-refractivity contribution in [3.63, 3.8) is 0 Å². The summed E-state index contributed by atoms with van der Waals surface area (Å²) < 4.78 is 0. The van der Waals surface area contributed by atoms with Crippen LogP contribution in [0.4, 0.5) is 0 Å². The van der Waals surface area contributed by atoms with E-state index in [1.165, 1.54) is 0 Å². The molecule has 1 amide bonds. The summed E-state index contributed by atoms with van der Waals surface area (Å²) in [6.45, 7) is 6.42. The second-order valence-corrected chi connectivity index (χ2v) is 3.43. The molecule has 2 nitrogen and oxygen atoms in total. The normalized spacial score (nSPS) is 19.1. The molecule has 0 aliphatic carbocycles. The van der Waals surface area contributed by atoms with E-state index in [2.05, 4.69) is 6.58 Å². The fourth-order valence-electron chi connectivity index (χ4n) is 1.54. The molecule has 0 aromatic carbocycles. The van der Waals surface area contributed by atoms with Crippen molar-refractivity contribution in [1.29, 1.82) is 0 Å². The Morgan fingerprint density at radius 1 is 1.43 bits per heavy atom. The van der Waals surface area contributed by atoms with Crippen molar-refractivity contribution in [3.05, 3.63) is 36.6 Å². The number of hydrogen-bond acceptors (Lipinski definition) is 1. The van der Waals surface area contributed by atoms with Crippen LogP contribution >= 0.6 is 0 Å². The zero-order valence-electron chi connectivity index (χ0n) is 8.70.